The lowest BCUT2D eigenvalue weighted by molar-refractivity contribution is 0.101. The molecular formula is C10H10BrFO3. The number of ketones is 1. The Bertz CT molecular complexity index is 379. The van der Waals surface area contributed by atoms with Crippen LogP contribution in [0.4, 0.5) is 4.39 Å². The van der Waals surface area contributed by atoms with Gasteiger partial charge in [0, 0.05) is 0 Å². The summed E-state index contributed by atoms with van der Waals surface area (Å²) in [4.78, 5) is 11.6. The lowest BCUT2D eigenvalue weighted by Gasteiger charge is -2.11. The summed E-state index contributed by atoms with van der Waals surface area (Å²) in [6, 6.07) is 2.59. The number of ether oxygens (including phenoxy) is 2. The zero-order valence-corrected chi connectivity index (χ0v) is 9.93. The first-order valence-corrected chi connectivity index (χ1v) is 5.27. The minimum atomic E-state index is -0.581. The number of alkyl halides is 1. The van der Waals surface area contributed by atoms with E-state index in [4.69, 9.17) is 9.47 Å². The van der Waals surface area contributed by atoms with Crippen LogP contribution in [-0.4, -0.2) is 25.3 Å². The van der Waals surface area contributed by atoms with Crippen molar-refractivity contribution in [3.05, 3.63) is 23.5 Å². The fraction of sp³-hybridized carbons (Fsp3) is 0.300. The van der Waals surface area contributed by atoms with Crippen molar-refractivity contribution in [2.75, 3.05) is 19.5 Å². The topological polar surface area (TPSA) is 35.5 Å². The van der Waals surface area contributed by atoms with Crippen LogP contribution in [0.1, 0.15) is 10.4 Å². The Hall–Kier alpha value is -1.10. The number of hydrogen-bond donors (Lipinski definition) is 0. The number of Topliss-reactive ketones (excluding diaryl/α,β-unsaturated/α-hetero) is 1. The Morgan fingerprint density at radius 3 is 2.53 bits per heavy atom. The van der Waals surface area contributed by atoms with Gasteiger partial charge < -0.3 is 9.47 Å². The Morgan fingerprint density at radius 1 is 1.40 bits per heavy atom. The van der Waals surface area contributed by atoms with Crippen LogP contribution in [0.15, 0.2) is 12.1 Å². The van der Waals surface area contributed by atoms with Crippen molar-refractivity contribution < 1.29 is 18.7 Å². The molecule has 3 nitrogen and oxygen atoms in total. The molecule has 0 aliphatic rings. The van der Waals surface area contributed by atoms with Crippen molar-refractivity contribution in [2.24, 2.45) is 0 Å². The van der Waals surface area contributed by atoms with Crippen molar-refractivity contribution >= 4 is 21.7 Å². The van der Waals surface area contributed by atoms with Crippen molar-refractivity contribution in [3.8, 4) is 11.5 Å². The van der Waals surface area contributed by atoms with Crippen molar-refractivity contribution in [1.29, 1.82) is 0 Å². The van der Waals surface area contributed by atoms with Crippen molar-refractivity contribution in [2.45, 2.75) is 0 Å². The maximum absolute atomic E-state index is 13.3. The number of methoxy groups -OCH3 is 2. The maximum Gasteiger partial charge on any atom is 0.180 e. The van der Waals surface area contributed by atoms with Gasteiger partial charge in [0.15, 0.2) is 17.3 Å². The number of carbonyl (C=O) groups excluding carboxylic acids is 1. The molecule has 0 radical (unpaired) electrons. The third-order valence-electron chi connectivity index (χ3n) is 1.90. The molecule has 0 aliphatic heterocycles. The van der Waals surface area contributed by atoms with E-state index < -0.39 is 5.82 Å². The van der Waals surface area contributed by atoms with E-state index in [1.807, 2.05) is 0 Å². The molecule has 0 spiro atoms. The second-order valence-electron chi connectivity index (χ2n) is 2.71. The highest BCUT2D eigenvalue weighted by Gasteiger charge is 2.20. The van der Waals surface area contributed by atoms with Gasteiger partial charge in [-0.1, -0.05) is 15.9 Å². The molecule has 0 atom stereocenters. The van der Waals surface area contributed by atoms with Crippen LogP contribution in [0, 0.1) is 5.82 Å². The van der Waals surface area contributed by atoms with Crippen LogP contribution < -0.4 is 9.47 Å². The van der Waals surface area contributed by atoms with Crippen LogP contribution in [0.2, 0.25) is 0 Å². The Balaban J connectivity index is 3.40. The summed E-state index contributed by atoms with van der Waals surface area (Å²) in [7, 11) is 2.72. The number of halogens is 2. The molecule has 0 bridgehead atoms. The monoisotopic (exact) mass is 276 g/mol. The third kappa shape index (κ3) is 2.28. The summed E-state index contributed by atoms with van der Waals surface area (Å²) in [5.74, 6) is -0.651. The predicted molar refractivity (Wildman–Crippen MR) is 57.6 cm³/mol. The van der Waals surface area contributed by atoms with E-state index in [0.717, 1.165) is 0 Å². The van der Waals surface area contributed by atoms with Crippen LogP contribution in [0.25, 0.3) is 0 Å². The third-order valence-corrected chi connectivity index (χ3v) is 2.40. The van der Waals surface area contributed by atoms with Gasteiger partial charge in [-0.25, -0.2) is 4.39 Å². The van der Waals surface area contributed by atoms with E-state index in [2.05, 4.69) is 15.9 Å². The summed E-state index contributed by atoms with van der Waals surface area (Å²) in [5, 5.41) is 0.0865. The van der Waals surface area contributed by atoms with Gasteiger partial charge >= 0.3 is 0 Å². The van der Waals surface area contributed by atoms with Gasteiger partial charge in [-0.3, -0.25) is 4.79 Å². The number of benzene rings is 1. The quantitative estimate of drug-likeness (QED) is 0.626. The Kier molecular flexibility index (Phi) is 4.08. The first-order chi connectivity index (χ1) is 7.15. The highest BCUT2D eigenvalue weighted by molar-refractivity contribution is 9.09. The zero-order chi connectivity index (χ0) is 11.4. The van der Waals surface area contributed by atoms with Crippen LogP contribution in [0.3, 0.4) is 0 Å². The number of hydrogen-bond acceptors (Lipinski definition) is 3. The van der Waals surface area contributed by atoms with Gasteiger partial charge in [-0.05, 0) is 12.1 Å². The molecule has 0 heterocycles. The summed E-state index contributed by atoms with van der Waals surface area (Å²) < 4.78 is 23.1. The molecule has 0 aliphatic carbocycles. The number of carbonyl (C=O) groups is 1. The first kappa shape index (κ1) is 12.0. The molecule has 0 amide bonds. The van der Waals surface area contributed by atoms with Crippen LogP contribution in [-0.2, 0) is 0 Å². The first-order valence-electron chi connectivity index (χ1n) is 4.15. The lowest BCUT2D eigenvalue weighted by atomic mass is 10.1. The lowest BCUT2D eigenvalue weighted by Crippen LogP contribution is -2.07. The van der Waals surface area contributed by atoms with Gasteiger partial charge in [-0.15, -0.1) is 0 Å². The SMILES string of the molecule is COc1ccc(F)c(OC)c1C(=O)CBr. The molecular weight excluding hydrogens is 267 g/mol. The van der Waals surface area contributed by atoms with E-state index in [0.29, 0.717) is 5.75 Å². The van der Waals surface area contributed by atoms with Crippen molar-refractivity contribution in [1.82, 2.24) is 0 Å². The van der Waals surface area contributed by atoms with E-state index in [1.165, 1.54) is 26.4 Å². The van der Waals surface area contributed by atoms with E-state index in [1.54, 1.807) is 0 Å². The molecule has 0 saturated carbocycles. The van der Waals surface area contributed by atoms with Gasteiger partial charge in [0.1, 0.15) is 11.3 Å². The standard InChI is InChI=1S/C10H10BrFO3/c1-14-8-4-3-6(12)10(15-2)9(8)7(13)5-11/h3-4H,5H2,1-2H3. The number of rotatable bonds is 4. The second kappa shape index (κ2) is 5.11. The highest BCUT2D eigenvalue weighted by Crippen LogP contribution is 2.31. The summed E-state index contributed by atoms with van der Waals surface area (Å²) >= 11 is 3.02. The van der Waals surface area contributed by atoms with Gasteiger partial charge in [0.05, 0.1) is 19.5 Å². The molecule has 0 aromatic heterocycles. The average Bonchev–Trinajstić information content (AvgIpc) is 2.27. The van der Waals surface area contributed by atoms with E-state index in [9.17, 15) is 9.18 Å². The smallest absolute Gasteiger partial charge is 0.180 e. The minimum absolute atomic E-state index is 0.0844. The van der Waals surface area contributed by atoms with Gasteiger partial charge in [0.25, 0.3) is 0 Å². The Labute approximate surface area is 95.3 Å². The Morgan fingerprint density at radius 2 is 2.07 bits per heavy atom. The van der Waals surface area contributed by atoms with E-state index >= 15 is 0 Å². The largest absolute Gasteiger partial charge is 0.496 e. The molecule has 0 fully saturated rings. The fourth-order valence-corrected chi connectivity index (χ4v) is 1.52. The van der Waals surface area contributed by atoms with Crippen LogP contribution >= 0.6 is 15.9 Å². The predicted octanol–water partition coefficient (Wildman–Crippen LogP) is 2.42. The van der Waals surface area contributed by atoms with Crippen molar-refractivity contribution in [3.63, 3.8) is 0 Å². The molecule has 82 valence electrons. The molecule has 1 aromatic carbocycles. The zero-order valence-electron chi connectivity index (χ0n) is 8.34. The fourth-order valence-electron chi connectivity index (χ4n) is 1.24. The van der Waals surface area contributed by atoms with Gasteiger partial charge in [0.2, 0.25) is 0 Å². The molecule has 1 rings (SSSR count). The molecule has 0 unspecified atom stereocenters. The van der Waals surface area contributed by atoms with Crippen LogP contribution in [0.5, 0.6) is 11.5 Å². The summed E-state index contributed by atoms with van der Waals surface area (Å²) in [6.45, 7) is 0. The molecule has 15 heavy (non-hydrogen) atoms. The average molecular weight is 277 g/mol. The van der Waals surface area contributed by atoms with E-state index in [-0.39, 0.29) is 22.4 Å². The highest BCUT2D eigenvalue weighted by atomic mass is 79.9. The summed E-state index contributed by atoms with van der Waals surface area (Å²) in [5.41, 5.74) is 0.122. The molecule has 5 heteroatoms. The molecule has 0 N–H and O–H groups in total. The normalized spacial score (nSPS) is 9.87. The molecule has 1 aromatic rings. The molecule has 0 saturated heterocycles. The minimum Gasteiger partial charge on any atom is -0.496 e. The summed E-state index contributed by atoms with van der Waals surface area (Å²) in [6.07, 6.45) is 0. The maximum atomic E-state index is 13.3. The second-order valence-corrected chi connectivity index (χ2v) is 3.28. The van der Waals surface area contributed by atoms with Gasteiger partial charge in [-0.2, -0.15) is 0 Å².